The number of carbonyl (C=O) groups is 2. The second-order valence-electron chi connectivity index (χ2n) is 7.13. The maximum Gasteiger partial charge on any atom is 0.217 e. The first-order chi connectivity index (χ1) is 13.8. The summed E-state index contributed by atoms with van der Waals surface area (Å²) in [5, 5.41) is 3.64. The quantitative estimate of drug-likeness (QED) is 0.457. The van der Waals surface area contributed by atoms with Crippen LogP contribution >= 0.6 is 11.8 Å². The Kier molecular flexibility index (Phi) is 6.54. The Morgan fingerprint density at radius 3 is 2.55 bits per heavy atom. The highest BCUT2D eigenvalue weighted by molar-refractivity contribution is 7.99. The molecular formula is C23H25N3O2S. The first-order valence-electron chi connectivity index (χ1n) is 9.49. The second kappa shape index (κ2) is 9.09. The van der Waals surface area contributed by atoms with Crippen LogP contribution < -0.4 is 5.32 Å². The average Bonchev–Trinajstić information content (AvgIpc) is 3.16. The molecule has 2 aromatic carbocycles. The van der Waals surface area contributed by atoms with Gasteiger partial charge in [0, 0.05) is 24.9 Å². The normalized spacial score (nSPS) is 11.9. The van der Waals surface area contributed by atoms with Crippen molar-refractivity contribution in [2.75, 3.05) is 5.75 Å². The number of hydrogen-bond acceptors (Lipinski definition) is 4. The average molecular weight is 408 g/mol. The molecule has 1 aromatic heterocycles. The minimum absolute atomic E-state index is 0.0456. The molecule has 6 heteroatoms. The number of thioether (sulfide) groups is 1. The molecule has 1 N–H and O–H groups in total. The van der Waals surface area contributed by atoms with Gasteiger partial charge in [-0.15, -0.1) is 0 Å². The van der Waals surface area contributed by atoms with Gasteiger partial charge in [0.1, 0.15) is 0 Å². The zero-order valence-electron chi connectivity index (χ0n) is 17.1. The lowest BCUT2D eigenvalue weighted by atomic mass is 10.0. The molecule has 0 aliphatic carbocycles. The molecule has 0 radical (unpaired) electrons. The van der Waals surface area contributed by atoms with Crippen molar-refractivity contribution < 1.29 is 9.59 Å². The zero-order valence-corrected chi connectivity index (χ0v) is 17.9. The summed E-state index contributed by atoms with van der Waals surface area (Å²) in [6, 6.07) is 13.6. The third-order valence-electron chi connectivity index (χ3n) is 4.72. The van der Waals surface area contributed by atoms with Gasteiger partial charge in [0.2, 0.25) is 5.91 Å². The summed E-state index contributed by atoms with van der Waals surface area (Å²) in [4.78, 5) is 28.3. The van der Waals surface area contributed by atoms with Gasteiger partial charge >= 0.3 is 0 Å². The number of ketones is 1. The Labute approximate surface area is 175 Å². The van der Waals surface area contributed by atoms with Crippen LogP contribution in [0.2, 0.25) is 0 Å². The van der Waals surface area contributed by atoms with Crippen molar-refractivity contribution in [3.8, 4) is 5.69 Å². The lowest BCUT2D eigenvalue weighted by molar-refractivity contribution is -0.119. The lowest BCUT2D eigenvalue weighted by Gasteiger charge is -2.13. The Balaban J connectivity index is 1.68. The van der Waals surface area contributed by atoms with E-state index in [1.165, 1.54) is 24.2 Å². The summed E-state index contributed by atoms with van der Waals surface area (Å²) < 4.78 is 2.03. The topological polar surface area (TPSA) is 64.0 Å². The van der Waals surface area contributed by atoms with Crippen molar-refractivity contribution in [2.45, 2.75) is 38.9 Å². The highest BCUT2D eigenvalue weighted by atomic mass is 32.2. The van der Waals surface area contributed by atoms with E-state index in [9.17, 15) is 9.59 Å². The molecule has 0 saturated carbocycles. The zero-order chi connectivity index (χ0) is 21.0. The molecule has 5 nitrogen and oxygen atoms in total. The third-order valence-corrected chi connectivity index (χ3v) is 5.68. The fraction of sp³-hybridized carbons (Fsp3) is 0.261. The smallest absolute Gasteiger partial charge is 0.217 e. The molecule has 0 spiro atoms. The van der Waals surface area contributed by atoms with E-state index in [2.05, 4.69) is 42.3 Å². The Morgan fingerprint density at radius 2 is 1.86 bits per heavy atom. The van der Waals surface area contributed by atoms with E-state index in [1.807, 2.05) is 42.0 Å². The van der Waals surface area contributed by atoms with Gasteiger partial charge < -0.3 is 5.32 Å². The molecule has 0 aliphatic heterocycles. The van der Waals surface area contributed by atoms with Crippen LogP contribution in [0.3, 0.4) is 0 Å². The number of rotatable bonds is 7. The molecule has 3 rings (SSSR count). The highest BCUT2D eigenvalue weighted by Gasteiger charge is 2.13. The molecule has 1 amide bonds. The van der Waals surface area contributed by atoms with Crippen molar-refractivity contribution in [1.82, 2.24) is 14.9 Å². The summed E-state index contributed by atoms with van der Waals surface area (Å²) >= 11 is 1.43. The van der Waals surface area contributed by atoms with Gasteiger partial charge in [-0.25, -0.2) is 4.98 Å². The highest BCUT2D eigenvalue weighted by Crippen LogP contribution is 2.24. The van der Waals surface area contributed by atoms with Gasteiger partial charge in [-0.3, -0.25) is 14.2 Å². The fourth-order valence-electron chi connectivity index (χ4n) is 3.12. The number of nitrogens with one attached hydrogen (secondary N) is 1. The molecule has 1 atom stereocenters. The van der Waals surface area contributed by atoms with E-state index >= 15 is 0 Å². The van der Waals surface area contributed by atoms with Gasteiger partial charge in [-0.2, -0.15) is 0 Å². The summed E-state index contributed by atoms with van der Waals surface area (Å²) in [7, 11) is 0. The second-order valence-corrected chi connectivity index (χ2v) is 8.07. The predicted molar refractivity (Wildman–Crippen MR) is 117 cm³/mol. The van der Waals surface area contributed by atoms with Gasteiger partial charge in [0.25, 0.3) is 0 Å². The summed E-state index contributed by atoms with van der Waals surface area (Å²) in [5.74, 6) is 0.278. The molecule has 0 bridgehead atoms. The van der Waals surface area contributed by atoms with E-state index in [0.29, 0.717) is 11.3 Å². The van der Waals surface area contributed by atoms with Gasteiger partial charge in [0.15, 0.2) is 10.9 Å². The molecule has 0 aliphatic rings. The monoisotopic (exact) mass is 407 g/mol. The fourth-order valence-corrected chi connectivity index (χ4v) is 3.98. The number of carbonyl (C=O) groups excluding carboxylic acids is 2. The largest absolute Gasteiger partial charge is 0.350 e. The molecular weight excluding hydrogens is 382 g/mol. The van der Waals surface area contributed by atoms with Crippen molar-refractivity contribution >= 4 is 23.5 Å². The van der Waals surface area contributed by atoms with Crippen molar-refractivity contribution in [1.29, 1.82) is 0 Å². The van der Waals surface area contributed by atoms with Crippen molar-refractivity contribution in [2.24, 2.45) is 0 Å². The molecule has 150 valence electrons. The van der Waals surface area contributed by atoms with Crippen LogP contribution in [0.25, 0.3) is 5.69 Å². The molecule has 29 heavy (non-hydrogen) atoms. The van der Waals surface area contributed by atoms with Gasteiger partial charge in [-0.05, 0) is 43.5 Å². The van der Waals surface area contributed by atoms with Crippen LogP contribution in [0.1, 0.15) is 46.9 Å². The summed E-state index contributed by atoms with van der Waals surface area (Å²) in [5.41, 5.74) is 5.04. The van der Waals surface area contributed by atoms with Crippen LogP contribution in [-0.2, 0) is 4.79 Å². The number of aromatic nitrogens is 2. The SMILES string of the molecule is CC(=O)N[C@H](C)c1ccc(C(=O)CSc2nccn2-c2cc(C)ccc2C)cc1. The number of amides is 1. The number of imidazole rings is 1. The number of nitrogens with zero attached hydrogens (tertiary/aromatic N) is 2. The van der Waals surface area contributed by atoms with Crippen LogP contribution in [0, 0.1) is 13.8 Å². The van der Waals surface area contributed by atoms with Crippen molar-refractivity contribution in [3.05, 3.63) is 77.1 Å². The minimum Gasteiger partial charge on any atom is -0.350 e. The first-order valence-corrected chi connectivity index (χ1v) is 10.5. The maximum atomic E-state index is 12.6. The maximum absolute atomic E-state index is 12.6. The van der Waals surface area contributed by atoms with Gasteiger partial charge in [0.05, 0.1) is 17.5 Å². The standard InChI is InChI=1S/C23H25N3O2S/c1-15-5-6-16(2)21(13-15)26-12-11-24-23(26)29-14-22(28)20-9-7-19(8-10-20)17(3)25-18(4)27/h5-13,17H,14H2,1-4H3,(H,25,27)/t17-/m1/s1. The Hall–Kier alpha value is -2.86. The lowest BCUT2D eigenvalue weighted by Crippen LogP contribution is -2.23. The first kappa shape index (κ1) is 20.9. The number of Topliss-reactive ketones (excluding diaryl/α,β-unsaturated/α-hetero) is 1. The minimum atomic E-state index is -0.0870. The third kappa shape index (κ3) is 5.15. The molecule has 0 saturated heterocycles. The predicted octanol–water partition coefficient (Wildman–Crippen LogP) is 4.66. The van der Waals surface area contributed by atoms with E-state index in [-0.39, 0.29) is 17.7 Å². The molecule has 3 aromatic rings. The summed E-state index contributed by atoms with van der Waals surface area (Å²) in [6.07, 6.45) is 3.68. The molecule has 1 heterocycles. The summed E-state index contributed by atoms with van der Waals surface area (Å²) in [6.45, 7) is 7.54. The van der Waals surface area contributed by atoms with E-state index in [1.54, 1.807) is 6.20 Å². The van der Waals surface area contributed by atoms with Crippen LogP contribution in [-0.4, -0.2) is 27.0 Å². The van der Waals surface area contributed by atoms with Crippen LogP contribution in [0.4, 0.5) is 0 Å². The van der Waals surface area contributed by atoms with E-state index in [0.717, 1.165) is 22.0 Å². The van der Waals surface area contributed by atoms with E-state index in [4.69, 9.17) is 0 Å². The molecule has 0 unspecified atom stereocenters. The Bertz CT molecular complexity index is 1020. The van der Waals surface area contributed by atoms with Crippen LogP contribution in [0.15, 0.2) is 60.0 Å². The number of aryl methyl sites for hydroxylation is 2. The van der Waals surface area contributed by atoms with Crippen LogP contribution in [0.5, 0.6) is 0 Å². The van der Waals surface area contributed by atoms with Gasteiger partial charge in [-0.1, -0.05) is 48.2 Å². The van der Waals surface area contributed by atoms with Crippen molar-refractivity contribution in [3.63, 3.8) is 0 Å². The Morgan fingerprint density at radius 1 is 1.14 bits per heavy atom. The number of benzene rings is 2. The van der Waals surface area contributed by atoms with E-state index < -0.39 is 0 Å². The number of hydrogen-bond donors (Lipinski definition) is 1. The molecule has 0 fully saturated rings.